The quantitative estimate of drug-likeness (QED) is 0.416. The molecular weight excluding hydrogens is 282 g/mol. The molecule has 1 fully saturated rings. The van der Waals surface area contributed by atoms with Crippen LogP contribution in [0.1, 0.15) is 46.5 Å². The van der Waals surface area contributed by atoms with Crippen molar-refractivity contribution in [2.45, 2.75) is 52.7 Å². The molecule has 0 spiro atoms. The van der Waals surface area contributed by atoms with E-state index in [1.807, 2.05) is 6.92 Å². The van der Waals surface area contributed by atoms with Crippen molar-refractivity contribution in [1.29, 1.82) is 0 Å². The third kappa shape index (κ3) is 5.05. The fourth-order valence-corrected chi connectivity index (χ4v) is 1.50. The highest BCUT2D eigenvalue weighted by molar-refractivity contribution is 6.01. The number of rotatable bonds is 6. The lowest BCUT2D eigenvalue weighted by atomic mass is 10.2. The van der Waals surface area contributed by atoms with Gasteiger partial charge in [-0.05, 0) is 6.42 Å². The molecule has 0 aromatic rings. The summed E-state index contributed by atoms with van der Waals surface area (Å²) in [5.74, 6) is -2.10. The first kappa shape index (κ1) is 16.9. The van der Waals surface area contributed by atoms with Gasteiger partial charge in [0.15, 0.2) is 0 Å². The van der Waals surface area contributed by atoms with Gasteiger partial charge in [0, 0.05) is 19.3 Å². The molecule has 0 radical (unpaired) electrons. The minimum absolute atomic E-state index is 0.00711. The number of hydrogen-bond donors (Lipinski definition) is 0. The van der Waals surface area contributed by atoms with Gasteiger partial charge < -0.3 is 9.47 Å². The van der Waals surface area contributed by atoms with E-state index in [4.69, 9.17) is 9.47 Å². The van der Waals surface area contributed by atoms with Crippen molar-refractivity contribution in [2.24, 2.45) is 5.92 Å². The summed E-state index contributed by atoms with van der Waals surface area (Å²) in [4.78, 5) is 50.1. The van der Waals surface area contributed by atoms with E-state index in [0.29, 0.717) is 11.5 Å². The van der Waals surface area contributed by atoms with Crippen molar-refractivity contribution in [3.63, 3.8) is 0 Å². The lowest BCUT2D eigenvalue weighted by Crippen LogP contribution is -2.35. The Hall–Kier alpha value is -2.12. The van der Waals surface area contributed by atoms with Gasteiger partial charge >= 0.3 is 12.1 Å². The molecule has 1 aliphatic rings. The minimum Gasteiger partial charge on any atom is -0.425 e. The van der Waals surface area contributed by atoms with Crippen LogP contribution in [0.5, 0.6) is 0 Å². The highest BCUT2D eigenvalue weighted by Gasteiger charge is 2.34. The molecule has 0 aliphatic carbocycles. The summed E-state index contributed by atoms with van der Waals surface area (Å²) in [5, 5.41) is 0.371. The Balaban J connectivity index is 2.54. The molecule has 0 saturated carbocycles. The van der Waals surface area contributed by atoms with Gasteiger partial charge in [-0.3, -0.25) is 19.2 Å². The summed E-state index contributed by atoms with van der Waals surface area (Å²) in [7, 11) is 0. The van der Waals surface area contributed by atoms with Crippen molar-refractivity contribution in [1.82, 2.24) is 5.06 Å². The second-order valence-corrected chi connectivity index (χ2v) is 4.85. The topological polar surface area (TPSA) is 99.2 Å². The Morgan fingerprint density at radius 2 is 1.71 bits per heavy atom. The van der Waals surface area contributed by atoms with E-state index in [0.717, 1.165) is 0 Å². The number of hydrogen-bond acceptors (Lipinski definition) is 7. The van der Waals surface area contributed by atoms with Gasteiger partial charge in [-0.2, -0.15) is 0 Å². The normalized spacial score (nSPS) is 16.1. The van der Waals surface area contributed by atoms with Crippen LogP contribution in [0.2, 0.25) is 0 Å². The molecular formula is C13H19NO7. The summed E-state index contributed by atoms with van der Waals surface area (Å²) in [5.41, 5.74) is 0. The summed E-state index contributed by atoms with van der Waals surface area (Å²) in [6.45, 7) is 5.11. The van der Waals surface area contributed by atoms with Crippen LogP contribution in [0.25, 0.3) is 0 Å². The van der Waals surface area contributed by atoms with E-state index in [9.17, 15) is 19.2 Å². The Kier molecular flexibility index (Phi) is 6.13. The molecule has 0 aromatic carbocycles. The first-order chi connectivity index (χ1) is 9.85. The molecule has 1 atom stereocenters. The number of nitrogens with zero attached hydrogens (tertiary/aromatic N) is 1. The predicted octanol–water partition coefficient (Wildman–Crippen LogP) is 1.53. The zero-order chi connectivity index (χ0) is 16.0. The predicted molar refractivity (Wildman–Crippen MR) is 68.3 cm³/mol. The number of esters is 1. The van der Waals surface area contributed by atoms with E-state index < -0.39 is 30.2 Å². The molecule has 0 bridgehead atoms. The summed E-state index contributed by atoms with van der Waals surface area (Å²) < 4.78 is 9.81. The highest BCUT2D eigenvalue weighted by atomic mass is 16.9. The second kappa shape index (κ2) is 7.61. The highest BCUT2D eigenvalue weighted by Crippen LogP contribution is 2.14. The van der Waals surface area contributed by atoms with Gasteiger partial charge in [0.05, 0.1) is 5.92 Å². The van der Waals surface area contributed by atoms with Gasteiger partial charge in [0.2, 0.25) is 0 Å². The third-order valence-corrected chi connectivity index (χ3v) is 2.64. The van der Waals surface area contributed by atoms with E-state index in [1.54, 1.807) is 13.8 Å². The first-order valence-electron chi connectivity index (χ1n) is 6.80. The number of amides is 2. The number of carbonyl (C=O) groups is 4. The van der Waals surface area contributed by atoms with Gasteiger partial charge in [0.1, 0.15) is 0 Å². The number of ether oxygens (including phenoxy) is 2. The fourth-order valence-electron chi connectivity index (χ4n) is 1.50. The Bertz CT molecular complexity index is 416. The Morgan fingerprint density at radius 3 is 2.19 bits per heavy atom. The summed E-state index contributed by atoms with van der Waals surface area (Å²) in [6, 6.07) is 0. The molecule has 118 valence electrons. The van der Waals surface area contributed by atoms with E-state index in [1.165, 1.54) is 0 Å². The SMILES string of the molecule is CCCC(OC(=O)ON1C(=O)CCC1=O)OC(=O)C(C)C. The van der Waals surface area contributed by atoms with Crippen molar-refractivity contribution >= 4 is 23.9 Å². The van der Waals surface area contributed by atoms with E-state index in [2.05, 4.69) is 4.84 Å². The van der Waals surface area contributed by atoms with E-state index in [-0.39, 0.29) is 25.2 Å². The van der Waals surface area contributed by atoms with Crippen LogP contribution in [-0.2, 0) is 28.7 Å². The molecule has 0 aromatic heterocycles. The largest absolute Gasteiger partial charge is 0.537 e. The standard InChI is InChI=1S/C13H19NO7/c1-4-5-11(19-12(17)8(2)3)20-13(18)21-14-9(15)6-7-10(14)16/h8,11H,4-7H2,1-3H3. The van der Waals surface area contributed by atoms with Crippen LogP contribution in [0.4, 0.5) is 4.79 Å². The maximum Gasteiger partial charge on any atom is 0.537 e. The molecule has 1 aliphatic heterocycles. The van der Waals surface area contributed by atoms with Gasteiger partial charge in [-0.1, -0.05) is 25.8 Å². The average molecular weight is 301 g/mol. The maximum atomic E-state index is 11.5. The minimum atomic E-state index is -1.26. The van der Waals surface area contributed by atoms with Crippen molar-refractivity contribution in [2.75, 3.05) is 0 Å². The van der Waals surface area contributed by atoms with Crippen LogP contribution in [-0.4, -0.2) is 35.3 Å². The lowest BCUT2D eigenvalue weighted by molar-refractivity contribution is -0.195. The molecule has 8 heteroatoms. The second-order valence-electron chi connectivity index (χ2n) is 4.85. The number of imide groups is 1. The summed E-state index contributed by atoms with van der Waals surface area (Å²) >= 11 is 0. The van der Waals surface area contributed by atoms with E-state index >= 15 is 0 Å². The van der Waals surface area contributed by atoms with Gasteiger partial charge in [-0.15, -0.1) is 0 Å². The third-order valence-electron chi connectivity index (χ3n) is 2.64. The van der Waals surface area contributed by atoms with Gasteiger partial charge in [0.25, 0.3) is 18.1 Å². The van der Waals surface area contributed by atoms with Crippen LogP contribution in [0.3, 0.4) is 0 Å². The first-order valence-corrected chi connectivity index (χ1v) is 6.80. The zero-order valence-electron chi connectivity index (χ0n) is 12.3. The monoisotopic (exact) mass is 301 g/mol. The smallest absolute Gasteiger partial charge is 0.425 e. The van der Waals surface area contributed by atoms with Crippen LogP contribution >= 0.6 is 0 Å². The average Bonchev–Trinajstić information content (AvgIpc) is 2.70. The molecule has 1 saturated heterocycles. The van der Waals surface area contributed by atoms with Crippen molar-refractivity contribution in [3.05, 3.63) is 0 Å². The molecule has 21 heavy (non-hydrogen) atoms. The molecule has 8 nitrogen and oxygen atoms in total. The van der Waals surface area contributed by atoms with Crippen molar-refractivity contribution < 1.29 is 33.5 Å². The Morgan fingerprint density at radius 1 is 1.14 bits per heavy atom. The molecule has 2 amide bonds. The van der Waals surface area contributed by atoms with Crippen LogP contribution < -0.4 is 0 Å². The molecule has 0 N–H and O–H groups in total. The zero-order valence-corrected chi connectivity index (χ0v) is 12.3. The van der Waals surface area contributed by atoms with Crippen LogP contribution in [0, 0.1) is 5.92 Å². The van der Waals surface area contributed by atoms with Crippen LogP contribution in [0.15, 0.2) is 0 Å². The number of hydroxylamine groups is 2. The molecule has 1 rings (SSSR count). The molecule has 1 unspecified atom stereocenters. The Labute approximate surface area is 122 Å². The maximum absolute atomic E-state index is 11.5. The van der Waals surface area contributed by atoms with Crippen molar-refractivity contribution in [3.8, 4) is 0 Å². The molecule has 1 heterocycles. The van der Waals surface area contributed by atoms with Gasteiger partial charge in [-0.25, -0.2) is 4.79 Å². The fraction of sp³-hybridized carbons (Fsp3) is 0.692. The lowest BCUT2D eigenvalue weighted by Gasteiger charge is -2.19. The number of carbonyl (C=O) groups excluding carboxylic acids is 4. The summed E-state index contributed by atoms with van der Waals surface area (Å²) in [6.07, 6.45) is -1.49.